The number of aliphatic hydroxyl groups is 1. The van der Waals surface area contributed by atoms with Gasteiger partial charge in [0.15, 0.2) is 0 Å². The summed E-state index contributed by atoms with van der Waals surface area (Å²) in [4.78, 5) is 13.1. The van der Waals surface area contributed by atoms with Gasteiger partial charge in [0.25, 0.3) is 0 Å². The van der Waals surface area contributed by atoms with E-state index in [0.717, 1.165) is 30.6 Å². The Morgan fingerprint density at radius 1 is 1.56 bits per heavy atom. The van der Waals surface area contributed by atoms with Crippen molar-refractivity contribution in [1.82, 2.24) is 0 Å². The van der Waals surface area contributed by atoms with Gasteiger partial charge in [-0.1, -0.05) is 19.1 Å². The average molecular weight is 219 g/mol. The summed E-state index contributed by atoms with van der Waals surface area (Å²) in [7, 11) is 0. The summed E-state index contributed by atoms with van der Waals surface area (Å²) in [6, 6.07) is 5.87. The quantitative estimate of drug-likeness (QED) is 0.827. The van der Waals surface area contributed by atoms with Crippen LogP contribution >= 0.6 is 0 Å². The van der Waals surface area contributed by atoms with Crippen LogP contribution in [0.5, 0.6) is 0 Å². The smallest absolute Gasteiger partial charge is 0.223 e. The van der Waals surface area contributed by atoms with E-state index >= 15 is 0 Å². The monoisotopic (exact) mass is 219 g/mol. The van der Waals surface area contributed by atoms with Crippen molar-refractivity contribution in [1.29, 1.82) is 0 Å². The lowest BCUT2D eigenvalue weighted by Crippen LogP contribution is -2.25. The van der Waals surface area contributed by atoms with Gasteiger partial charge >= 0.3 is 0 Å². The molecule has 0 spiro atoms. The SMILES string of the molecule is CCC(O)c1ccc2c(c1)CCN2C(C)=O. The molecule has 0 fully saturated rings. The molecule has 1 heterocycles. The van der Waals surface area contributed by atoms with Crippen LogP contribution in [0.3, 0.4) is 0 Å². The van der Waals surface area contributed by atoms with Gasteiger partial charge in [0.05, 0.1) is 6.10 Å². The molecule has 3 heteroatoms. The predicted molar refractivity (Wildman–Crippen MR) is 63.4 cm³/mol. The van der Waals surface area contributed by atoms with E-state index in [4.69, 9.17) is 0 Å². The van der Waals surface area contributed by atoms with Gasteiger partial charge in [-0.05, 0) is 30.0 Å². The maximum atomic E-state index is 11.4. The van der Waals surface area contributed by atoms with Crippen LogP contribution < -0.4 is 4.90 Å². The molecule has 1 aromatic carbocycles. The zero-order chi connectivity index (χ0) is 11.7. The van der Waals surface area contributed by atoms with E-state index in [9.17, 15) is 9.90 Å². The molecule has 1 amide bonds. The normalized spacial score (nSPS) is 16.1. The minimum Gasteiger partial charge on any atom is -0.388 e. The number of fused-ring (bicyclic) bond motifs is 1. The molecule has 0 saturated heterocycles. The Hall–Kier alpha value is -1.35. The molecule has 1 aliphatic heterocycles. The predicted octanol–water partition coefficient (Wildman–Crippen LogP) is 2.04. The van der Waals surface area contributed by atoms with Gasteiger partial charge in [0, 0.05) is 19.2 Å². The molecule has 0 aliphatic carbocycles. The number of rotatable bonds is 2. The lowest BCUT2D eigenvalue weighted by molar-refractivity contribution is -0.116. The standard InChI is InChI=1S/C13H17NO2/c1-3-13(16)11-4-5-12-10(8-11)6-7-14(12)9(2)15/h4-5,8,13,16H,3,6-7H2,1-2H3. The molecule has 0 radical (unpaired) electrons. The van der Waals surface area contributed by atoms with Gasteiger partial charge in [-0.25, -0.2) is 0 Å². The number of amides is 1. The van der Waals surface area contributed by atoms with Gasteiger partial charge in [-0.3, -0.25) is 4.79 Å². The number of hydrogen-bond donors (Lipinski definition) is 1. The first-order valence-electron chi connectivity index (χ1n) is 5.72. The Morgan fingerprint density at radius 2 is 2.31 bits per heavy atom. The third-order valence-corrected chi connectivity index (χ3v) is 3.15. The molecule has 0 saturated carbocycles. The number of hydrogen-bond acceptors (Lipinski definition) is 2. The molecular weight excluding hydrogens is 202 g/mol. The van der Waals surface area contributed by atoms with E-state index in [0.29, 0.717) is 0 Å². The highest BCUT2D eigenvalue weighted by molar-refractivity contribution is 5.93. The molecule has 86 valence electrons. The molecule has 1 aliphatic rings. The first-order chi connectivity index (χ1) is 7.63. The fourth-order valence-corrected chi connectivity index (χ4v) is 2.19. The molecule has 16 heavy (non-hydrogen) atoms. The number of anilines is 1. The van der Waals surface area contributed by atoms with Crippen LogP contribution in [-0.2, 0) is 11.2 Å². The maximum absolute atomic E-state index is 11.4. The second-order valence-corrected chi connectivity index (χ2v) is 4.23. The number of aliphatic hydroxyl groups excluding tert-OH is 1. The topological polar surface area (TPSA) is 40.5 Å². The van der Waals surface area contributed by atoms with Crippen molar-refractivity contribution in [3.63, 3.8) is 0 Å². The number of nitrogens with zero attached hydrogens (tertiary/aromatic N) is 1. The summed E-state index contributed by atoms with van der Waals surface area (Å²) < 4.78 is 0. The summed E-state index contributed by atoms with van der Waals surface area (Å²) in [6.07, 6.45) is 1.21. The zero-order valence-electron chi connectivity index (χ0n) is 9.73. The van der Waals surface area contributed by atoms with Crippen molar-refractivity contribution in [2.45, 2.75) is 32.8 Å². The largest absolute Gasteiger partial charge is 0.388 e. The molecule has 0 aromatic heterocycles. The maximum Gasteiger partial charge on any atom is 0.223 e. The van der Waals surface area contributed by atoms with E-state index in [1.807, 2.05) is 25.1 Å². The summed E-state index contributed by atoms with van der Waals surface area (Å²) >= 11 is 0. The van der Waals surface area contributed by atoms with Crippen molar-refractivity contribution in [2.75, 3.05) is 11.4 Å². The summed E-state index contributed by atoms with van der Waals surface area (Å²) in [6.45, 7) is 4.31. The van der Waals surface area contributed by atoms with Crippen LogP contribution in [0.25, 0.3) is 0 Å². The Kier molecular flexibility index (Phi) is 2.97. The van der Waals surface area contributed by atoms with Crippen molar-refractivity contribution < 1.29 is 9.90 Å². The Balaban J connectivity index is 2.32. The third-order valence-electron chi connectivity index (χ3n) is 3.15. The van der Waals surface area contributed by atoms with E-state index in [-0.39, 0.29) is 5.91 Å². The molecule has 2 rings (SSSR count). The highest BCUT2D eigenvalue weighted by Crippen LogP contribution is 2.31. The fraction of sp³-hybridized carbons (Fsp3) is 0.462. The van der Waals surface area contributed by atoms with Gasteiger partial charge in [-0.15, -0.1) is 0 Å². The second kappa shape index (κ2) is 4.26. The van der Waals surface area contributed by atoms with Crippen LogP contribution in [0.4, 0.5) is 5.69 Å². The van der Waals surface area contributed by atoms with Gasteiger partial charge in [-0.2, -0.15) is 0 Å². The van der Waals surface area contributed by atoms with Crippen molar-refractivity contribution in [2.24, 2.45) is 0 Å². The summed E-state index contributed by atoms with van der Waals surface area (Å²) in [5, 5.41) is 9.76. The van der Waals surface area contributed by atoms with Crippen LogP contribution in [0.15, 0.2) is 18.2 Å². The summed E-state index contributed by atoms with van der Waals surface area (Å²) in [5.74, 6) is 0.0857. The van der Waals surface area contributed by atoms with E-state index in [1.54, 1.807) is 11.8 Å². The van der Waals surface area contributed by atoms with Gasteiger partial charge in [0.1, 0.15) is 0 Å². The van der Waals surface area contributed by atoms with Crippen molar-refractivity contribution in [3.05, 3.63) is 29.3 Å². The number of benzene rings is 1. The highest BCUT2D eigenvalue weighted by atomic mass is 16.3. The van der Waals surface area contributed by atoms with Crippen LogP contribution in [-0.4, -0.2) is 17.6 Å². The van der Waals surface area contributed by atoms with Crippen LogP contribution in [0, 0.1) is 0 Å². The average Bonchev–Trinajstić information content (AvgIpc) is 2.70. The van der Waals surface area contributed by atoms with Crippen molar-refractivity contribution in [3.8, 4) is 0 Å². The lowest BCUT2D eigenvalue weighted by atomic mass is 10.0. The lowest BCUT2D eigenvalue weighted by Gasteiger charge is -2.15. The second-order valence-electron chi connectivity index (χ2n) is 4.23. The third kappa shape index (κ3) is 1.83. The summed E-state index contributed by atoms with van der Waals surface area (Å²) in [5.41, 5.74) is 3.12. The van der Waals surface area contributed by atoms with Gasteiger partial charge in [0.2, 0.25) is 5.91 Å². The van der Waals surface area contributed by atoms with Crippen LogP contribution in [0.1, 0.15) is 37.5 Å². The molecule has 3 nitrogen and oxygen atoms in total. The molecule has 1 aromatic rings. The molecule has 1 atom stereocenters. The molecule has 1 N–H and O–H groups in total. The van der Waals surface area contributed by atoms with Crippen LogP contribution in [0.2, 0.25) is 0 Å². The molecule has 0 bridgehead atoms. The minimum absolute atomic E-state index is 0.0857. The molecular formula is C13H17NO2. The first-order valence-corrected chi connectivity index (χ1v) is 5.72. The number of carbonyl (C=O) groups is 1. The van der Waals surface area contributed by atoms with Gasteiger partial charge < -0.3 is 10.0 Å². The Morgan fingerprint density at radius 3 is 2.94 bits per heavy atom. The van der Waals surface area contributed by atoms with Crippen molar-refractivity contribution >= 4 is 11.6 Å². The Labute approximate surface area is 95.7 Å². The molecule has 1 unspecified atom stereocenters. The highest BCUT2D eigenvalue weighted by Gasteiger charge is 2.22. The van der Waals surface area contributed by atoms with E-state index in [1.165, 1.54) is 5.56 Å². The zero-order valence-corrected chi connectivity index (χ0v) is 9.73. The number of carbonyl (C=O) groups excluding carboxylic acids is 1. The minimum atomic E-state index is -0.392. The first kappa shape index (κ1) is 11.1. The Bertz CT molecular complexity index is 414. The van der Waals surface area contributed by atoms with E-state index < -0.39 is 6.10 Å². The fourth-order valence-electron chi connectivity index (χ4n) is 2.19. The van der Waals surface area contributed by atoms with E-state index in [2.05, 4.69) is 0 Å².